The number of rotatable bonds is 7. The van der Waals surface area contributed by atoms with Crippen molar-refractivity contribution in [2.24, 2.45) is 0 Å². The van der Waals surface area contributed by atoms with Gasteiger partial charge in [0.15, 0.2) is 0 Å². The molecule has 0 aliphatic carbocycles. The molecule has 1 N–H and O–H groups in total. The highest BCUT2D eigenvalue weighted by Crippen LogP contribution is 2.33. The third kappa shape index (κ3) is 5.01. The third-order valence-electron chi connectivity index (χ3n) is 4.12. The molecule has 2 aromatic carbocycles. The van der Waals surface area contributed by atoms with Gasteiger partial charge in [-0.15, -0.1) is 0 Å². The summed E-state index contributed by atoms with van der Waals surface area (Å²) < 4.78 is 71.4. The fourth-order valence-corrected chi connectivity index (χ4v) is 4.09. The smallest absolute Gasteiger partial charge is 0.416 e. The molecule has 0 unspecified atom stereocenters. The van der Waals surface area contributed by atoms with Crippen molar-refractivity contribution in [2.75, 3.05) is 10.8 Å². The molecule has 30 heavy (non-hydrogen) atoms. The molecule has 158 valence electrons. The Balaban J connectivity index is 1.94. The Bertz CT molecular complexity index is 1100. The van der Waals surface area contributed by atoms with Crippen LogP contribution in [-0.2, 0) is 27.5 Å². The molecule has 1 amide bonds. The minimum Gasteiger partial charge on any atom is -0.467 e. The third-order valence-corrected chi connectivity index (χ3v) is 5.91. The van der Waals surface area contributed by atoms with E-state index in [0.29, 0.717) is 16.1 Å². The molecule has 1 heterocycles. The number of halogens is 3. The quantitative estimate of drug-likeness (QED) is 0.609. The lowest BCUT2D eigenvalue weighted by Crippen LogP contribution is -2.40. The van der Waals surface area contributed by atoms with E-state index in [1.165, 1.54) is 36.6 Å². The molecule has 3 rings (SSSR count). The highest BCUT2D eigenvalue weighted by molar-refractivity contribution is 7.92. The summed E-state index contributed by atoms with van der Waals surface area (Å²) in [6.07, 6.45) is -3.25. The Morgan fingerprint density at radius 2 is 1.73 bits per heavy atom. The van der Waals surface area contributed by atoms with Gasteiger partial charge in [0.05, 0.1) is 29.0 Å². The maximum atomic E-state index is 13.1. The zero-order chi connectivity index (χ0) is 21.8. The highest BCUT2D eigenvalue weighted by atomic mass is 32.2. The number of furan rings is 1. The van der Waals surface area contributed by atoms with Crippen LogP contribution in [0.4, 0.5) is 18.9 Å². The molecule has 0 atom stereocenters. The standard InChI is InChI=1S/C20H17F3N2O4S/c21-20(22,23)15-6-4-7-16(12-15)25(30(27,28)18-9-2-1-3-10-18)14-19(26)24-13-17-8-5-11-29-17/h1-12H,13-14H2,(H,24,26). The average Bonchev–Trinajstić information content (AvgIpc) is 3.24. The largest absolute Gasteiger partial charge is 0.467 e. The van der Waals surface area contributed by atoms with E-state index in [9.17, 15) is 26.4 Å². The second-order valence-electron chi connectivity index (χ2n) is 6.23. The average molecular weight is 438 g/mol. The first-order valence-electron chi connectivity index (χ1n) is 8.72. The summed E-state index contributed by atoms with van der Waals surface area (Å²) in [7, 11) is -4.30. The van der Waals surface area contributed by atoms with Crippen LogP contribution in [-0.4, -0.2) is 20.9 Å². The number of amides is 1. The van der Waals surface area contributed by atoms with E-state index >= 15 is 0 Å². The molecular formula is C20H17F3N2O4S. The molecule has 0 aliphatic rings. The topological polar surface area (TPSA) is 79.6 Å². The molecule has 1 aromatic heterocycles. The lowest BCUT2D eigenvalue weighted by molar-refractivity contribution is -0.137. The SMILES string of the molecule is O=C(CN(c1cccc(C(F)(F)F)c1)S(=O)(=O)c1ccccc1)NCc1ccco1. The van der Waals surface area contributed by atoms with Crippen molar-refractivity contribution in [1.29, 1.82) is 0 Å². The molecule has 0 bridgehead atoms. The van der Waals surface area contributed by atoms with Crippen molar-refractivity contribution in [3.63, 3.8) is 0 Å². The van der Waals surface area contributed by atoms with Gasteiger partial charge in [-0.05, 0) is 42.5 Å². The Morgan fingerprint density at radius 1 is 1.00 bits per heavy atom. The number of nitrogens with zero attached hydrogens (tertiary/aromatic N) is 1. The lowest BCUT2D eigenvalue weighted by Gasteiger charge is -2.24. The number of hydrogen-bond acceptors (Lipinski definition) is 4. The van der Waals surface area contributed by atoms with Crippen molar-refractivity contribution < 1.29 is 30.8 Å². The van der Waals surface area contributed by atoms with Crippen LogP contribution in [0.5, 0.6) is 0 Å². The van der Waals surface area contributed by atoms with Gasteiger partial charge in [0.25, 0.3) is 10.0 Å². The van der Waals surface area contributed by atoms with Crippen LogP contribution >= 0.6 is 0 Å². The summed E-state index contributed by atoms with van der Waals surface area (Å²) in [5.74, 6) is -0.261. The molecule has 3 aromatic rings. The van der Waals surface area contributed by atoms with Crippen LogP contribution < -0.4 is 9.62 Å². The van der Waals surface area contributed by atoms with E-state index in [-0.39, 0.29) is 17.1 Å². The fourth-order valence-electron chi connectivity index (χ4n) is 2.66. The number of sulfonamides is 1. The van der Waals surface area contributed by atoms with Gasteiger partial charge in [0.1, 0.15) is 12.3 Å². The highest BCUT2D eigenvalue weighted by Gasteiger charge is 2.33. The first-order chi connectivity index (χ1) is 14.2. The van der Waals surface area contributed by atoms with E-state index in [1.54, 1.807) is 18.2 Å². The number of benzene rings is 2. The molecule has 6 nitrogen and oxygen atoms in total. The number of carbonyl (C=O) groups excluding carboxylic acids is 1. The number of hydrogen-bond donors (Lipinski definition) is 1. The summed E-state index contributed by atoms with van der Waals surface area (Å²) in [6.45, 7) is -0.701. The van der Waals surface area contributed by atoms with Gasteiger partial charge in [0, 0.05) is 0 Å². The molecule has 0 aliphatic heterocycles. The molecular weight excluding hydrogens is 421 g/mol. The summed E-state index contributed by atoms with van der Waals surface area (Å²) in [4.78, 5) is 12.2. The maximum Gasteiger partial charge on any atom is 0.416 e. The van der Waals surface area contributed by atoms with Crippen molar-refractivity contribution in [2.45, 2.75) is 17.6 Å². The van der Waals surface area contributed by atoms with Gasteiger partial charge in [0.2, 0.25) is 5.91 Å². The molecule has 10 heteroatoms. The van der Waals surface area contributed by atoms with Crippen LogP contribution in [0.2, 0.25) is 0 Å². The van der Waals surface area contributed by atoms with Crippen molar-refractivity contribution in [3.8, 4) is 0 Å². The van der Waals surface area contributed by atoms with E-state index < -0.39 is 34.2 Å². The number of anilines is 1. The monoisotopic (exact) mass is 438 g/mol. The van der Waals surface area contributed by atoms with E-state index in [0.717, 1.165) is 12.1 Å². The second kappa shape index (κ2) is 8.62. The second-order valence-corrected chi connectivity index (χ2v) is 8.09. The normalized spacial score (nSPS) is 11.8. The molecule has 0 radical (unpaired) electrons. The van der Waals surface area contributed by atoms with Gasteiger partial charge in [-0.25, -0.2) is 8.42 Å². The Labute approximate surface area is 171 Å². The van der Waals surface area contributed by atoms with Crippen molar-refractivity contribution in [1.82, 2.24) is 5.32 Å². The first kappa shape index (κ1) is 21.4. The zero-order valence-corrected chi connectivity index (χ0v) is 16.3. The van der Waals surface area contributed by atoms with E-state index in [4.69, 9.17) is 4.42 Å². The van der Waals surface area contributed by atoms with Crippen molar-refractivity contribution in [3.05, 3.63) is 84.3 Å². The van der Waals surface area contributed by atoms with Gasteiger partial charge in [-0.2, -0.15) is 13.2 Å². The number of alkyl halides is 3. The maximum absolute atomic E-state index is 13.1. The summed E-state index contributed by atoms with van der Waals surface area (Å²) >= 11 is 0. The lowest BCUT2D eigenvalue weighted by atomic mass is 10.2. The predicted octanol–water partition coefficient (Wildman–Crippen LogP) is 3.81. The van der Waals surface area contributed by atoms with Crippen LogP contribution in [0.15, 0.2) is 82.3 Å². The van der Waals surface area contributed by atoms with E-state index in [1.807, 2.05) is 0 Å². The van der Waals surface area contributed by atoms with Crippen LogP contribution in [0, 0.1) is 0 Å². The Hall–Kier alpha value is -3.27. The Morgan fingerprint density at radius 3 is 2.37 bits per heavy atom. The molecule has 0 spiro atoms. The summed E-state index contributed by atoms with van der Waals surface area (Å²) in [6, 6.07) is 14.2. The van der Waals surface area contributed by atoms with Gasteiger partial charge in [-0.1, -0.05) is 24.3 Å². The summed E-state index contributed by atoms with van der Waals surface area (Å²) in [5.41, 5.74) is -1.30. The van der Waals surface area contributed by atoms with Crippen LogP contribution in [0.1, 0.15) is 11.3 Å². The minimum absolute atomic E-state index is 0.00759. The van der Waals surface area contributed by atoms with Crippen LogP contribution in [0.25, 0.3) is 0 Å². The zero-order valence-electron chi connectivity index (χ0n) is 15.5. The molecule has 0 saturated carbocycles. The minimum atomic E-state index is -4.67. The summed E-state index contributed by atoms with van der Waals surface area (Å²) in [5, 5.41) is 2.49. The molecule has 0 fully saturated rings. The van der Waals surface area contributed by atoms with E-state index in [2.05, 4.69) is 5.32 Å². The van der Waals surface area contributed by atoms with Gasteiger partial charge >= 0.3 is 6.18 Å². The van der Waals surface area contributed by atoms with Crippen LogP contribution in [0.3, 0.4) is 0 Å². The number of nitrogens with one attached hydrogen (secondary N) is 1. The van der Waals surface area contributed by atoms with Crippen molar-refractivity contribution >= 4 is 21.6 Å². The van der Waals surface area contributed by atoms with Gasteiger partial charge < -0.3 is 9.73 Å². The molecule has 0 saturated heterocycles. The number of carbonyl (C=O) groups is 1. The fraction of sp³-hybridized carbons (Fsp3) is 0.150. The Kier molecular flexibility index (Phi) is 6.16. The predicted molar refractivity (Wildman–Crippen MR) is 103 cm³/mol. The first-order valence-corrected chi connectivity index (χ1v) is 10.2. The van der Waals surface area contributed by atoms with Gasteiger partial charge in [-0.3, -0.25) is 9.10 Å².